The van der Waals surface area contributed by atoms with Crippen LogP contribution in [0.15, 0.2) is 18.2 Å². The minimum absolute atomic E-state index is 0.0806. The van der Waals surface area contributed by atoms with E-state index in [9.17, 15) is 13.2 Å². The first-order valence-corrected chi connectivity index (χ1v) is 9.76. The zero-order chi connectivity index (χ0) is 17.9. The molecule has 6 nitrogen and oxygen atoms in total. The van der Waals surface area contributed by atoms with E-state index in [-0.39, 0.29) is 11.8 Å². The van der Waals surface area contributed by atoms with Crippen LogP contribution in [0.3, 0.4) is 0 Å². The maximum atomic E-state index is 12.3. The fourth-order valence-corrected chi connectivity index (χ4v) is 4.18. The van der Waals surface area contributed by atoms with Crippen molar-refractivity contribution in [2.75, 3.05) is 27.2 Å². The van der Waals surface area contributed by atoms with Gasteiger partial charge in [-0.2, -0.15) is 17.0 Å². The highest BCUT2D eigenvalue weighted by atomic mass is 35.5. The lowest BCUT2D eigenvalue weighted by molar-refractivity contribution is -0.126. The Labute approximate surface area is 152 Å². The van der Waals surface area contributed by atoms with Crippen LogP contribution in [-0.4, -0.2) is 50.1 Å². The van der Waals surface area contributed by atoms with E-state index in [1.54, 1.807) is 18.2 Å². The predicted molar refractivity (Wildman–Crippen MR) is 95.2 cm³/mol. The van der Waals surface area contributed by atoms with Gasteiger partial charge in [-0.05, 0) is 30.5 Å². The van der Waals surface area contributed by atoms with Crippen molar-refractivity contribution in [3.63, 3.8) is 0 Å². The average Bonchev–Trinajstić information content (AvgIpc) is 2.53. The highest BCUT2D eigenvalue weighted by molar-refractivity contribution is 7.86. The van der Waals surface area contributed by atoms with E-state index in [1.165, 1.54) is 22.7 Å². The molecule has 1 aliphatic heterocycles. The van der Waals surface area contributed by atoms with Crippen molar-refractivity contribution < 1.29 is 13.2 Å². The molecule has 9 heteroatoms. The smallest absolute Gasteiger partial charge is 0.281 e. The Hall–Kier alpha value is -0.860. The van der Waals surface area contributed by atoms with Gasteiger partial charge in [0, 0.05) is 49.7 Å². The van der Waals surface area contributed by atoms with Crippen LogP contribution in [0.1, 0.15) is 18.4 Å². The lowest BCUT2D eigenvalue weighted by atomic mass is 9.97. The highest BCUT2D eigenvalue weighted by Crippen LogP contribution is 2.23. The standard InChI is InChI=1S/C15H21Cl2N3O3S/c1-19(2)24(22,23)20-7-5-11(6-8-20)15(21)18-10-12-3-4-13(16)9-14(12)17/h3-4,9,11H,5-8,10H2,1-2H3,(H,18,21). The largest absolute Gasteiger partial charge is 0.352 e. The van der Waals surface area contributed by atoms with Crippen LogP contribution in [0.25, 0.3) is 0 Å². The highest BCUT2D eigenvalue weighted by Gasteiger charge is 2.32. The van der Waals surface area contributed by atoms with Crippen LogP contribution in [0.4, 0.5) is 0 Å². The van der Waals surface area contributed by atoms with Gasteiger partial charge in [0.2, 0.25) is 5.91 Å². The molecular weight excluding hydrogens is 373 g/mol. The molecule has 1 heterocycles. The summed E-state index contributed by atoms with van der Waals surface area (Å²) in [6.07, 6.45) is 1.01. The topological polar surface area (TPSA) is 69.7 Å². The number of piperidine rings is 1. The molecular formula is C15H21Cl2N3O3S. The van der Waals surface area contributed by atoms with Crippen molar-refractivity contribution in [2.24, 2.45) is 5.92 Å². The first-order chi connectivity index (χ1) is 11.2. The second kappa shape index (κ2) is 8.01. The van der Waals surface area contributed by atoms with Crippen LogP contribution < -0.4 is 5.32 Å². The molecule has 24 heavy (non-hydrogen) atoms. The van der Waals surface area contributed by atoms with Crippen molar-refractivity contribution in [3.8, 4) is 0 Å². The van der Waals surface area contributed by atoms with E-state index in [2.05, 4.69) is 5.32 Å². The van der Waals surface area contributed by atoms with Gasteiger partial charge in [0.1, 0.15) is 0 Å². The van der Waals surface area contributed by atoms with Crippen LogP contribution in [0, 0.1) is 5.92 Å². The van der Waals surface area contributed by atoms with E-state index >= 15 is 0 Å². The minimum atomic E-state index is -3.41. The maximum Gasteiger partial charge on any atom is 0.281 e. The van der Waals surface area contributed by atoms with Crippen molar-refractivity contribution >= 4 is 39.3 Å². The zero-order valence-electron chi connectivity index (χ0n) is 13.6. The summed E-state index contributed by atoms with van der Waals surface area (Å²) in [7, 11) is -0.401. The second-order valence-corrected chi connectivity index (χ2v) is 8.90. The minimum Gasteiger partial charge on any atom is -0.352 e. The van der Waals surface area contributed by atoms with Gasteiger partial charge in [0.05, 0.1) is 0 Å². The lowest BCUT2D eigenvalue weighted by Gasteiger charge is -2.32. The van der Waals surface area contributed by atoms with Gasteiger partial charge in [-0.15, -0.1) is 0 Å². The van der Waals surface area contributed by atoms with E-state index < -0.39 is 10.2 Å². The molecule has 1 fully saturated rings. The fraction of sp³-hybridized carbons (Fsp3) is 0.533. The Bertz CT molecular complexity index is 702. The predicted octanol–water partition coefficient (Wildman–Crippen LogP) is 2.13. The molecule has 134 valence electrons. The molecule has 0 atom stereocenters. The summed E-state index contributed by atoms with van der Waals surface area (Å²) in [5, 5.41) is 3.92. The number of amides is 1. The molecule has 0 bridgehead atoms. The van der Waals surface area contributed by atoms with E-state index in [4.69, 9.17) is 23.2 Å². The normalized spacial score (nSPS) is 17.2. The van der Waals surface area contributed by atoms with Crippen molar-refractivity contribution in [2.45, 2.75) is 19.4 Å². The van der Waals surface area contributed by atoms with E-state index in [1.807, 2.05) is 0 Å². The van der Waals surface area contributed by atoms with Gasteiger partial charge >= 0.3 is 0 Å². The Morgan fingerprint density at radius 2 is 1.92 bits per heavy atom. The van der Waals surface area contributed by atoms with Crippen LogP contribution in [-0.2, 0) is 21.5 Å². The number of nitrogens with zero attached hydrogens (tertiary/aromatic N) is 2. The van der Waals surface area contributed by atoms with Crippen molar-refractivity contribution in [1.29, 1.82) is 0 Å². The van der Waals surface area contributed by atoms with Gasteiger partial charge in [-0.3, -0.25) is 4.79 Å². The molecule has 0 aromatic heterocycles. The number of nitrogens with one attached hydrogen (secondary N) is 1. The number of hydrogen-bond acceptors (Lipinski definition) is 3. The van der Waals surface area contributed by atoms with E-state index in [0.717, 1.165) is 5.56 Å². The number of benzene rings is 1. The molecule has 0 saturated carbocycles. The molecule has 0 spiro atoms. The third kappa shape index (κ3) is 4.61. The second-order valence-electron chi connectivity index (χ2n) is 5.92. The molecule has 0 radical (unpaired) electrons. The molecule has 1 aromatic carbocycles. The first-order valence-electron chi connectivity index (χ1n) is 7.61. The number of hydrogen-bond donors (Lipinski definition) is 1. The SMILES string of the molecule is CN(C)S(=O)(=O)N1CCC(C(=O)NCc2ccc(Cl)cc2Cl)CC1. The van der Waals surface area contributed by atoms with Gasteiger partial charge in [-0.1, -0.05) is 29.3 Å². The summed E-state index contributed by atoms with van der Waals surface area (Å²) in [5.41, 5.74) is 0.794. The number of rotatable bonds is 5. The summed E-state index contributed by atoms with van der Waals surface area (Å²) in [4.78, 5) is 12.3. The maximum absolute atomic E-state index is 12.3. The Kier molecular flexibility index (Phi) is 6.50. The molecule has 1 amide bonds. The van der Waals surface area contributed by atoms with Crippen LogP contribution >= 0.6 is 23.2 Å². The van der Waals surface area contributed by atoms with E-state index in [0.29, 0.717) is 42.5 Å². The summed E-state index contributed by atoms with van der Waals surface area (Å²) in [6.45, 7) is 1.02. The number of carbonyl (C=O) groups excluding carboxylic acids is 1. The summed E-state index contributed by atoms with van der Waals surface area (Å²) in [5.74, 6) is -0.271. The molecule has 0 aliphatic carbocycles. The molecule has 1 saturated heterocycles. The summed E-state index contributed by atoms with van der Waals surface area (Å²) in [6, 6.07) is 5.13. The van der Waals surface area contributed by atoms with Crippen LogP contribution in [0.5, 0.6) is 0 Å². The fourth-order valence-electron chi connectivity index (χ4n) is 2.57. The molecule has 1 N–H and O–H groups in total. The monoisotopic (exact) mass is 393 g/mol. The third-order valence-corrected chi connectivity index (χ3v) is 6.61. The van der Waals surface area contributed by atoms with Gasteiger partial charge in [0.25, 0.3) is 10.2 Å². The number of halogens is 2. The molecule has 0 unspecified atom stereocenters. The Morgan fingerprint density at radius 3 is 2.46 bits per heavy atom. The average molecular weight is 394 g/mol. The van der Waals surface area contributed by atoms with Gasteiger partial charge in [-0.25, -0.2) is 0 Å². The number of carbonyl (C=O) groups is 1. The summed E-state index contributed by atoms with van der Waals surface area (Å²) >= 11 is 11.9. The van der Waals surface area contributed by atoms with Gasteiger partial charge < -0.3 is 5.32 Å². The summed E-state index contributed by atoms with van der Waals surface area (Å²) < 4.78 is 26.7. The van der Waals surface area contributed by atoms with Crippen LogP contribution in [0.2, 0.25) is 10.0 Å². The first kappa shape index (κ1) is 19.5. The molecule has 1 aliphatic rings. The zero-order valence-corrected chi connectivity index (χ0v) is 16.0. The Morgan fingerprint density at radius 1 is 1.29 bits per heavy atom. The molecule has 1 aromatic rings. The quantitative estimate of drug-likeness (QED) is 0.832. The van der Waals surface area contributed by atoms with Gasteiger partial charge in [0.15, 0.2) is 0 Å². The van der Waals surface area contributed by atoms with Crippen molar-refractivity contribution in [3.05, 3.63) is 33.8 Å². The third-order valence-electron chi connectivity index (χ3n) is 4.08. The lowest BCUT2D eigenvalue weighted by Crippen LogP contribution is -2.46. The Balaban J connectivity index is 1.87. The molecule has 2 rings (SSSR count). The van der Waals surface area contributed by atoms with Crippen molar-refractivity contribution in [1.82, 2.24) is 13.9 Å².